The van der Waals surface area contributed by atoms with Gasteiger partial charge in [0.15, 0.2) is 8.32 Å². The average Bonchev–Trinajstić information content (AvgIpc) is 2.22. The van der Waals surface area contributed by atoms with Crippen LogP contribution in [0.4, 0.5) is 13.2 Å². The minimum Gasteiger partial charge on any atom is -0.414 e. The zero-order valence-corrected chi connectivity index (χ0v) is 14.5. The van der Waals surface area contributed by atoms with Gasteiger partial charge in [-0.2, -0.15) is 21.6 Å². The Morgan fingerprint density at radius 2 is 1.55 bits per heavy atom. The zero-order chi connectivity index (χ0) is 16.4. The molecule has 0 heterocycles. The summed E-state index contributed by atoms with van der Waals surface area (Å²) in [6.07, 6.45) is 0. The molecule has 0 aromatic heterocycles. The van der Waals surface area contributed by atoms with Crippen LogP contribution in [0.2, 0.25) is 18.1 Å². The minimum absolute atomic E-state index is 0.101. The van der Waals surface area contributed by atoms with E-state index in [-0.39, 0.29) is 11.6 Å². The molecule has 0 fully saturated rings. The normalized spacial score (nSPS) is 14.9. The lowest BCUT2D eigenvalue weighted by Gasteiger charge is -2.42. The van der Waals surface area contributed by atoms with Crippen molar-refractivity contribution < 1.29 is 30.2 Å². The van der Waals surface area contributed by atoms with Crippen LogP contribution in [0.15, 0.2) is 0 Å². The van der Waals surface area contributed by atoms with E-state index in [4.69, 9.17) is 4.43 Å². The summed E-state index contributed by atoms with van der Waals surface area (Å²) in [6.45, 7) is 11.3. The van der Waals surface area contributed by atoms with E-state index in [1.165, 1.54) is 0 Å². The Hall–Kier alpha value is -0.123. The quantitative estimate of drug-likeness (QED) is 0.309. The first-order chi connectivity index (χ1) is 8.65. The first-order valence-electron chi connectivity index (χ1n) is 6.25. The fourth-order valence-electron chi connectivity index (χ4n) is 1.39. The van der Waals surface area contributed by atoms with Crippen LogP contribution in [-0.4, -0.2) is 35.5 Å². The maximum atomic E-state index is 12.0. The number of halogens is 3. The first-order valence-corrected chi connectivity index (χ1v) is 10.6. The molecule has 0 N–H and O–H groups in total. The molecular formula is C11H23F3O4SSi. The molecule has 122 valence electrons. The second-order valence-electron chi connectivity index (χ2n) is 5.96. The molecule has 0 rings (SSSR count). The Morgan fingerprint density at radius 1 is 1.10 bits per heavy atom. The average molecular weight is 336 g/mol. The highest BCUT2D eigenvalue weighted by Crippen LogP contribution is 2.44. The highest BCUT2D eigenvalue weighted by atomic mass is 32.2. The Balaban J connectivity index is 4.47. The van der Waals surface area contributed by atoms with E-state index in [9.17, 15) is 21.6 Å². The molecule has 20 heavy (non-hydrogen) atoms. The van der Waals surface area contributed by atoms with Gasteiger partial charge in [0, 0.05) is 0 Å². The summed E-state index contributed by atoms with van der Waals surface area (Å²) < 4.78 is 67.1. The van der Waals surface area contributed by atoms with Gasteiger partial charge in [-0.1, -0.05) is 27.7 Å². The zero-order valence-electron chi connectivity index (χ0n) is 12.7. The highest BCUT2D eigenvalue weighted by Gasteiger charge is 2.47. The SMILES string of the molecule is CC(C)C(C)(C)[Si](C)(C)OCCOS(=O)(=O)C(F)(F)F. The highest BCUT2D eigenvalue weighted by molar-refractivity contribution is 7.87. The van der Waals surface area contributed by atoms with Crippen LogP contribution in [-0.2, 0) is 18.7 Å². The molecular weight excluding hydrogens is 313 g/mol. The third-order valence-corrected chi connectivity index (χ3v) is 9.71. The summed E-state index contributed by atoms with van der Waals surface area (Å²) in [7, 11) is -7.72. The third kappa shape index (κ3) is 4.71. The Labute approximate surface area is 119 Å². The van der Waals surface area contributed by atoms with Crippen molar-refractivity contribution in [1.29, 1.82) is 0 Å². The van der Waals surface area contributed by atoms with Crippen LogP contribution >= 0.6 is 0 Å². The van der Waals surface area contributed by atoms with E-state index in [1.54, 1.807) is 0 Å². The van der Waals surface area contributed by atoms with Crippen molar-refractivity contribution in [1.82, 2.24) is 0 Å². The summed E-state index contributed by atoms with van der Waals surface area (Å²) in [6, 6.07) is 0. The van der Waals surface area contributed by atoms with Gasteiger partial charge in [0.2, 0.25) is 0 Å². The van der Waals surface area contributed by atoms with Crippen molar-refractivity contribution >= 4 is 18.4 Å². The molecule has 0 saturated heterocycles. The van der Waals surface area contributed by atoms with E-state index < -0.39 is 30.6 Å². The smallest absolute Gasteiger partial charge is 0.414 e. The van der Waals surface area contributed by atoms with Crippen molar-refractivity contribution in [3.8, 4) is 0 Å². The summed E-state index contributed by atoms with van der Waals surface area (Å²) in [5.74, 6) is 0.337. The van der Waals surface area contributed by atoms with Crippen LogP contribution in [0.25, 0.3) is 0 Å². The second-order valence-corrected chi connectivity index (χ2v) is 12.2. The van der Waals surface area contributed by atoms with Gasteiger partial charge < -0.3 is 4.43 Å². The largest absolute Gasteiger partial charge is 0.523 e. The van der Waals surface area contributed by atoms with Crippen LogP contribution in [0.5, 0.6) is 0 Å². The Kier molecular flexibility index (Phi) is 6.29. The fraction of sp³-hybridized carbons (Fsp3) is 1.00. The first kappa shape index (κ1) is 19.9. The van der Waals surface area contributed by atoms with E-state index >= 15 is 0 Å². The van der Waals surface area contributed by atoms with E-state index in [0.717, 1.165) is 0 Å². The fourth-order valence-corrected chi connectivity index (χ4v) is 4.17. The van der Waals surface area contributed by atoms with E-state index in [0.29, 0.717) is 5.92 Å². The van der Waals surface area contributed by atoms with Gasteiger partial charge in [-0.3, -0.25) is 4.18 Å². The van der Waals surface area contributed by atoms with Gasteiger partial charge >= 0.3 is 15.6 Å². The molecule has 0 unspecified atom stereocenters. The molecule has 0 bridgehead atoms. The number of alkyl halides is 3. The Morgan fingerprint density at radius 3 is 1.90 bits per heavy atom. The van der Waals surface area contributed by atoms with Crippen LogP contribution in [0.1, 0.15) is 27.7 Å². The van der Waals surface area contributed by atoms with E-state index in [2.05, 4.69) is 4.18 Å². The second kappa shape index (κ2) is 6.33. The van der Waals surface area contributed by atoms with Crippen molar-refractivity contribution in [2.24, 2.45) is 5.92 Å². The van der Waals surface area contributed by atoms with Crippen LogP contribution in [0, 0.1) is 5.92 Å². The molecule has 0 spiro atoms. The van der Waals surface area contributed by atoms with Gasteiger partial charge in [0.25, 0.3) is 0 Å². The Bertz CT molecular complexity index is 416. The molecule has 0 radical (unpaired) electrons. The topological polar surface area (TPSA) is 52.6 Å². The monoisotopic (exact) mass is 336 g/mol. The molecule has 4 nitrogen and oxygen atoms in total. The van der Waals surface area contributed by atoms with Gasteiger partial charge in [0.05, 0.1) is 13.2 Å². The predicted octanol–water partition coefficient (Wildman–Crippen LogP) is 3.51. The van der Waals surface area contributed by atoms with E-state index in [1.807, 2.05) is 40.8 Å². The number of rotatable bonds is 7. The minimum atomic E-state index is -5.53. The lowest BCUT2D eigenvalue weighted by atomic mass is 9.99. The van der Waals surface area contributed by atoms with Crippen LogP contribution in [0.3, 0.4) is 0 Å². The lowest BCUT2D eigenvalue weighted by Crippen LogP contribution is -2.46. The maximum Gasteiger partial charge on any atom is 0.523 e. The lowest BCUT2D eigenvalue weighted by molar-refractivity contribution is -0.0547. The summed E-state index contributed by atoms with van der Waals surface area (Å²) in [5, 5.41) is -0.101. The molecule has 0 aliphatic heterocycles. The molecule has 0 atom stereocenters. The summed E-state index contributed by atoms with van der Waals surface area (Å²) in [4.78, 5) is 0. The standard InChI is InChI=1S/C11H23F3O4SSi/c1-9(2)10(3,4)20(5,6)18-8-7-17-19(15,16)11(12,13)14/h9H,7-8H2,1-6H3. The van der Waals surface area contributed by atoms with Crippen molar-refractivity contribution in [2.45, 2.75) is 51.3 Å². The van der Waals surface area contributed by atoms with Crippen LogP contribution < -0.4 is 0 Å². The molecule has 0 saturated carbocycles. The number of hydrogen-bond donors (Lipinski definition) is 0. The summed E-state index contributed by atoms with van der Waals surface area (Å²) >= 11 is 0. The van der Waals surface area contributed by atoms with Gasteiger partial charge in [-0.05, 0) is 24.1 Å². The molecule has 0 amide bonds. The maximum absolute atomic E-state index is 12.0. The predicted molar refractivity (Wildman–Crippen MR) is 73.2 cm³/mol. The number of hydrogen-bond acceptors (Lipinski definition) is 4. The van der Waals surface area contributed by atoms with Crippen molar-refractivity contribution in [3.63, 3.8) is 0 Å². The molecule has 0 aliphatic rings. The molecule has 0 aromatic rings. The molecule has 0 aromatic carbocycles. The molecule has 9 heteroatoms. The van der Waals surface area contributed by atoms with Gasteiger partial charge in [-0.15, -0.1) is 0 Å². The van der Waals surface area contributed by atoms with Crippen molar-refractivity contribution in [2.75, 3.05) is 13.2 Å². The van der Waals surface area contributed by atoms with Gasteiger partial charge in [0.1, 0.15) is 0 Å². The third-order valence-electron chi connectivity index (χ3n) is 4.06. The van der Waals surface area contributed by atoms with Gasteiger partial charge in [-0.25, -0.2) is 0 Å². The summed E-state index contributed by atoms with van der Waals surface area (Å²) in [5.41, 5.74) is -5.39. The van der Waals surface area contributed by atoms with Crippen molar-refractivity contribution in [3.05, 3.63) is 0 Å². The molecule has 0 aliphatic carbocycles.